The number of carbonyl (C=O) groups is 1. The van der Waals surface area contributed by atoms with E-state index in [1.54, 1.807) is 10.6 Å². The Balaban J connectivity index is 1.36. The highest BCUT2D eigenvalue weighted by Crippen LogP contribution is 2.44. The second-order valence-corrected chi connectivity index (χ2v) is 8.91. The molecule has 1 aliphatic rings. The van der Waals surface area contributed by atoms with Crippen molar-refractivity contribution in [3.63, 3.8) is 0 Å². The van der Waals surface area contributed by atoms with Crippen LogP contribution in [0.4, 0.5) is 5.69 Å². The van der Waals surface area contributed by atoms with Crippen molar-refractivity contribution in [3.8, 4) is 5.75 Å². The maximum Gasteiger partial charge on any atom is 0.274 e. The SMILES string of the molecule is CCOc1ccn2c(C(=O)Nc3cccc4c3c(C3CC3)nn4Cc3cccc(C)n3)cnc2c1. The maximum absolute atomic E-state index is 13.3. The minimum Gasteiger partial charge on any atom is -0.494 e. The summed E-state index contributed by atoms with van der Waals surface area (Å²) in [6.45, 7) is 5.08. The van der Waals surface area contributed by atoms with Crippen LogP contribution in [0, 0.1) is 6.92 Å². The molecule has 6 rings (SSSR count). The number of nitrogens with zero attached hydrogens (tertiary/aromatic N) is 5. The van der Waals surface area contributed by atoms with E-state index in [9.17, 15) is 4.79 Å². The fourth-order valence-electron chi connectivity index (χ4n) is 4.54. The monoisotopic (exact) mass is 466 g/mol. The van der Waals surface area contributed by atoms with Crippen LogP contribution in [-0.4, -0.2) is 36.7 Å². The molecule has 4 heterocycles. The van der Waals surface area contributed by atoms with Crippen LogP contribution >= 0.6 is 0 Å². The Bertz CT molecular complexity index is 1560. The topological polar surface area (TPSA) is 86.3 Å². The molecular formula is C27H26N6O2. The first-order valence-corrected chi connectivity index (χ1v) is 11.9. The number of fused-ring (bicyclic) bond motifs is 2. The Morgan fingerprint density at radius 2 is 2.03 bits per heavy atom. The Kier molecular flexibility index (Phi) is 5.21. The van der Waals surface area contributed by atoms with Crippen LogP contribution in [0.25, 0.3) is 16.6 Å². The molecular weight excluding hydrogens is 440 g/mol. The lowest BCUT2D eigenvalue weighted by Crippen LogP contribution is -2.14. The minimum absolute atomic E-state index is 0.219. The molecule has 0 bridgehead atoms. The standard InChI is InChI=1S/C27H26N6O2/c1-3-35-20-12-13-32-23(15-28-24(32)14-20)27(34)30-21-8-5-9-22-25(21)26(18-10-11-18)31-33(22)16-19-7-4-6-17(2)29-19/h4-9,12-15,18H,3,10-11,16H2,1-2H3,(H,30,34). The van der Waals surface area contributed by atoms with Crippen LogP contribution in [-0.2, 0) is 6.54 Å². The van der Waals surface area contributed by atoms with Crippen molar-refractivity contribution >= 4 is 28.1 Å². The van der Waals surface area contributed by atoms with Crippen molar-refractivity contribution in [3.05, 3.63) is 83.7 Å². The highest BCUT2D eigenvalue weighted by Gasteiger charge is 2.30. The van der Waals surface area contributed by atoms with Crippen LogP contribution in [0.2, 0.25) is 0 Å². The van der Waals surface area contributed by atoms with Crippen LogP contribution in [0.3, 0.4) is 0 Å². The zero-order valence-electron chi connectivity index (χ0n) is 19.7. The summed E-state index contributed by atoms with van der Waals surface area (Å²) < 4.78 is 9.33. The molecule has 1 N–H and O–H groups in total. The lowest BCUT2D eigenvalue weighted by molar-refractivity contribution is 0.102. The van der Waals surface area contributed by atoms with E-state index in [0.717, 1.165) is 52.3 Å². The molecule has 176 valence electrons. The molecule has 5 aromatic rings. The van der Waals surface area contributed by atoms with Gasteiger partial charge in [-0.25, -0.2) is 4.98 Å². The number of hydrogen-bond donors (Lipinski definition) is 1. The first-order chi connectivity index (χ1) is 17.1. The number of imidazole rings is 1. The van der Waals surface area contributed by atoms with Gasteiger partial charge in [0.25, 0.3) is 5.91 Å². The number of carbonyl (C=O) groups excluding carboxylic acids is 1. The van der Waals surface area contributed by atoms with Crippen molar-refractivity contribution in [2.24, 2.45) is 0 Å². The summed E-state index contributed by atoms with van der Waals surface area (Å²) in [5.74, 6) is 0.936. The third-order valence-corrected chi connectivity index (χ3v) is 6.30. The first kappa shape index (κ1) is 21.3. The van der Waals surface area contributed by atoms with Crippen molar-refractivity contribution in [2.75, 3.05) is 11.9 Å². The van der Waals surface area contributed by atoms with Gasteiger partial charge in [-0.2, -0.15) is 5.10 Å². The van der Waals surface area contributed by atoms with Crippen LogP contribution in [0.5, 0.6) is 5.75 Å². The van der Waals surface area contributed by atoms with E-state index in [2.05, 4.69) is 21.4 Å². The van der Waals surface area contributed by atoms with Gasteiger partial charge in [0.2, 0.25) is 0 Å². The van der Waals surface area contributed by atoms with Crippen molar-refractivity contribution in [1.82, 2.24) is 24.1 Å². The summed E-state index contributed by atoms with van der Waals surface area (Å²) in [7, 11) is 0. The predicted octanol–water partition coefficient (Wildman–Crippen LogP) is 4.96. The third kappa shape index (κ3) is 4.01. The predicted molar refractivity (Wildman–Crippen MR) is 134 cm³/mol. The van der Waals surface area contributed by atoms with Gasteiger partial charge in [-0.15, -0.1) is 0 Å². The van der Waals surface area contributed by atoms with Crippen molar-refractivity contribution in [2.45, 2.75) is 39.2 Å². The Hall–Kier alpha value is -4.20. The smallest absolute Gasteiger partial charge is 0.274 e. The first-order valence-electron chi connectivity index (χ1n) is 11.9. The molecule has 0 spiro atoms. The molecule has 8 heteroatoms. The molecule has 1 aliphatic carbocycles. The summed E-state index contributed by atoms with van der Waals surface area (Å²) in [5.41, 5.74) is 5.87. The number of ether oxygens (including phenoxy) is 1. The van der Waals surface area contributed by atoms with Gasteiger partial charge in [0.15, 0.2) is 0 Å². The number of anilines is 1. The number of pyridine rings is 2. The molecule has 1 aromatic carbocycles. The molecule has 0 aliphatic heterocycles. The van der Waals surface area contributed by atoms with E-state index >= 15 is 0 Å². The number of aryl methyl sites for hydroxylation is 1. The zero-order valence-corrected chi connectivity index (χ0v) is 19.7. The van der Waals surface area contributed by atoms with Crippen molar-refractivity contribution < 1.29 is 9.53 Å². The highest BCUT2D eigenvalue weighted by molar-refractivity contribution is 6.09. The summed E-state index contributed by atoms with van der Waals surface area (Å²) in [6.07, 6.45) is 5.64. The zero-order chi connectivity index (χ0) is 23.9. The van der Waals surface area contributed by atoms with Gasteiger partial charge in [0.1, 0.15) is 17.1 Å². The quantitative estimate of drug-likeness (QED) is 0.366. The molecule has 1 fully saturated rings. The Labute approximate surface area is 202 Å². The van der Waals surface area contributed by atoms with Gasteiger partial charge in [0, 0.05) is 29.3 Å². The van der Waals surface area contributed by atoms with Gasteiger partial charge in [0.05, 0.1) is 41.9 Å². The summed E-state index contributed by atoms with van der Waals surface area (Å²) in [6, 6.07) is 15.7. The molecule has 0 saturated heterocycles. The average Bonchev–Trinajstić information content (AvgIpc) is 3.50. The number of hydrogen-bond acceptors (Lipinski definition) is 5. The largest absolute Gasteiger partial charge is 0.494 e. The van der Waals surface area contributed by atoms with Crippen molar-refractivity contribution in [1.29, 1.82) is 0 Å². The molecule has 0 atom stereocenters. The van der Waals surface area contributed by atoms with Gasteiger partial charge in [-0.1, -0.05) is 12.1 Å². The van der Waals surface area contributed by atoms with E-state index < -0.39 is 0 Å². The lowest BCUT2D eigenvalue weighted by atomic mass is 10.1. The number of benzene rings is 1. The Morgan fingerprint density at radius 3 is 2.83 bits per heavy atom. The normalized spacial score (nSPS) is 13.4. The molecule has 35 heavy (non-hydrogen) atoms. The van der Waals surface area contributed by atoms with Gasteiger partial charge in [-0.05, 0) is 57.0 Å². The molecule has 1 amide bonds. The van der Waals surface area contributed by atoms with E-state index in [1.807, 2.05) is 67.2 Å². The second-order valence-electron chi connectivity index (χ2n) is 8.91. The second kappa shape index (κ2) is 8.54. The van der Waals surface area contributed by atoms with Crippen LogP contribution in [0.1, 0.15) is 53.3 Å². The number of amides is 1. The number of aromatic nitrogens is 5. The fraction of sp³-hybridized carbons (Fsp3) is 0.259. The number of rotatable bonds is 7. The summed E-state index contributed by atoms with van der Waals surface area (Å²) >= 11 is 0. The molecule has 0 radical (unpaired) electrons. The Morgan fingerprint density at radius 1 is 1.17 bits per heavy atom. The maximum atomic E-state index is 13.3. The average molecular weight is 467 g/mol. The van der Waals surface area contributed by atoms with Gasteiger partial charge < -0.3 is 10.1 Å². The van der Waals surface area contributed by atoms with Gasteiger partial charge in [-0.3, -0.25) is 18.9 Å². The lowest BCUT2D eigenvalue weighted by Gasteiger charge is -2.09. The van der Waals surface area contributed by atoms with E-state index in [0.29, 0.717) is 30.4 Å². The molecule has 1 saturated carbocycles. The fourth-order valence-corrected chi connectivity index (χ4v) is 4.54. The number of nitrogens with one attached hydrogen (secondary N) is 1. The minimum atomic E-state index is -0.219. The van der Waals surface area contributed by atoms with Gasteiger partial charge >= 0.3 is 0 Å². The van der Waals surface area contributed by atoms with E-state index in [1.165, 1.54) is 0 Å². The summed E-state index contributed by atoms with van der Waals surface area (Å²) in [5, 5.41) is 9.11. The molecule has 4 aromatic heterocycles. The van der Waals surface area contributed by atoms with Crippen LogP contribution < -0.4 is 10.1 Å². The van der Waals surface area contributed by atoms with E-state index in [4.69, 9.17) is 9.84 Å². The highest BCUT2D eigenvalue weighted by atomic mass is 16.5. The molecule has 0 unspecified atom stereocenters. The summed E-state index contributed by atoms with van der Waals surface area (Å²) in [4.78, 5) is 22.4. The third-order valence-electron chi connectivity index (χ3n) is 6.30. The van der Waals surface area contributed by atoms with E-state index in [-0.39, 0.29) is 5.91 Å². The van der Waals surface area contributed by atoms with Crippen LogP contribution in [0.15, 0.2) is 60.9 Å². The molecule has 8 nitrogen and oxygen atoms in total.